The molecule has 1 aliphatic rings. The molecule has 0 aliphatic carbocycles. The van der Waals surface area contributed by atoms with Gasteiger partial charge < -0.3 is 20.1 Å². The van der Waals surface area contributed by atoms with E-state index in [-0.39, 0.29) is 24.9 Å². The predicted molar refractivity (Wildman–Crippen MR) is 83.8 cm³/mol. The lowest BCUT2D eigenvalue weighted by molar-refractivity contribution is -0.117. The molecule has 7 nitrogen and oxygen atoms in total. The van der Waals surface area contributed by atoms with E-state index in [0.29, 0.717) is 30.1 Å². The van der Waals surface area contributed by atoms with Gasteiger partial charge in [-0.25, -0.2) is 4.98 Å². The van der Waals surface area contributed by atoms with Crippen LogP contribution >= 0.6 is 0 Å². The first kappa shape index (κ1) is 15.5. The van der Waals surface area contributed by atoms with E-state index in [0.717, 1.165) is 12.8 Å². The summed E-state index contributed by atoms with van der Waals surface area (Å²) in [5.74, 6) is -0.262. The third-order valence-electron chi connectivity index (χ3n) is 4.31. The molecule has 3 rings (SSSR count). The first-order valence-corrected chi connectivity index (χ1v) is 7.74. The van der Waals surface area contributed by atoms with Crippen molar-refractivity contribution >= 4 is 17.5 Å². The van der Waals surface area contributed by atoms with E-state index in [1.165, 1.54) is 0 Å². The molecule has 1 aliphatic heterocycles. The molecular weight excluding hydrogens is 296 g/mol. The number of piperidine rings is 1. The number of hydrogen-bond donors (Lipinski definition) is 2. The number of hydrogen-bond acceptors (Lipinski definition) is 4. The minimum absolute atomic E-state index is 0.100. The van der Waals surface area contributed by atoms with Gasteiger partial charge >= 0.3 is 0 Å². The summed E-state index contributed by atoms with van der Waals surface area (Å²) in [6, 6.07) is 5.38. The molecule has 0 atom stereocenters. The number of nitrogens with two attached hydrogens (primary N) is 1. The van der Waals surface area contributed by atoms with Crippen LogP contribution in [0.1, 0.15) is 29.0 Å². The second kappa shape index (κ2) is 6.37. The van der Waals surface area contributed by atoms with Gasteiger partial charge in [0.25, 0.3) is 5.91 Å². The van der Waals surface area contributed by atoms with E-state index in [4.69, 9.17) is 5.73 Å². The molecule has 122 valence electrons. The molecule has 23 heavy (non-hydrogen) atoms. The number of amides is 2. The van der Waals surface area contributed by atoms with Crippen molar-refractivity contribution in [2.75, 3.05) is 19.7 Å². The number of rotatable bonds is 4. The Morgan fingerprint density at radius 1 is 1.30 bits per heavy atom. The number of imidazole rings is 1. The van der Waals surface area contributed by atoms with Gasteiger partial charge in [0.1, 0.15) is 11.3 Å². The average Bonchev–Trinajstić information content (AvgIpc) is 2.99. The number of likely N-dealkylation sites (tertiary alicyclic amines) is 1. The summed E-state index contributed by atoms with van der Waals surface area (Å²) in [7, 11) is 0. The van der Waals surface area contributed by atoms with Crippen LogP contribution in [-0.4, -0.2) is 50.9 Å². The van der Waals surface area contributed by atoms with Gasteiger partial charge in [0.15, 0.2) is 0 Å². The van der Waals surface area contributed by atoms with Crippen molar-refractivity contribution in [3.63, 3.8) is 0 Å². The number of pyridine rings is 1. The SMILES string of the molecule is NC(=O)Cc1cccc2nc(C(=O)N3CCC(CO)CC3)cn12. The molecule has 0 aromatic carbocycles. The number of aromatic nitrogens is 2. The zero-order chi connectivity index (χ0) is 16.4. The van der Waals surface area contributed by atoms with Crippen molar-refractivity contribution in [2.45, 2.75) is 19.3 Å². The van der Waals surface area contributed by atoms with Crippen LogP contribution in [0.2, 0.25) is 0 Å². The lowest BCUT2D eigenvalue weighted by Crippen LogP contribution is -2.39. The van der Waals surface area contributed by atoms with Crippen LogP contribution in [0.25, 0.3) is 5.65 Å². The minimum atomic E-state index is -0.426. The second-order valence-corrected chi connectivity index (χ2v) is 5.93. The Morgan fingerprint density at radius 3 is 2.70 bits per heavy atom. The summed E-state index contributed by atoms with van der Waals surface area (Å²) < 4.78 is 1.73. The molecular formula is C16H20N4O3. The quantitative estimate of drug-likeness (QED) is 0.841. The third kappa shape index (κ3) is 3.19. The van der Waals surface area contributed by atoms with Crippen molar-refractivity contribution in [3.05, 3.63) is 35.8 Å². The molecule has 2 aromatic rings. The number of primary amides is 1. The van der Waals surface area contributed by atoms with E-state index < -0.39 is 5.91 Å². The van der Waals surface area contributed by atoms with Gasteiger partial charge in [0, 0.05) is 31.6 Å². The number of aliphatic hydroxyl groups excluding tert-OH is 1. The Morgan fingerprint density at radius 2 is 2.04 bits per heavy atom. The van der Waals surface area contributed by atoms with Crippen LogP contribution in [0.15, 0.2) is 24.4 Å². The Hall–Kier alpha value is -2.41. The summed E-state index contributed by atoms with van der Waals surface area (Å²) >= 11 is 0. The van der Waals surface area contributed by atoms with Crippen molar-refractivity contribution in [2.24, 2.45) is 11.7 Å². The van der Waals surface area contributed by atoms with Crippen molar-refractivity contribution in [1.29, 1.82) is 0 Å². The smallest absolute Gasteiger partial charge is 0.274 e. The summed E-state index contributed by atoms with van der Waals surface area (Å²) in [6.45, 7) is 1.44. The molecule has 1 saturated heterocycles. The first-order chi connectivity index (χ1) is 11.1. The number of aliphatic hydroxyl groups is 1. The average molecular weight is 316 g/mol. The van der Waals surface area contributed by atoms with Gasteiger partial charge in [-0.2, -0.15) is 0 Å². The van der Waals surface area contributed by atoms with Gasteiger partial charge in [0.05, 0.1) is 6.42 Å². The Balaban J connectivity index is 1.83. The summed E-state index contributed by atoms with van der Waals surface area (Å²) in [5.41, 5.74) is 6.95. The highest BCUT2D eigenvalue weighted by atomic mass is 16.3. The van der Waals surface area contributed by atoms with Crippen molar-refractivity contribution < 1.29 is 14.7 Å². The standard InChI is InChI=1S/C16H20N4O3/c17-14(22)8-12-2-1-3-15-18-13(9-20(12)15)16(23)19-6-4-11(10-21)5-7-19/h1-3,9,11,21H,4-8,10H2,(H2,17,22). The summed E-state index contributed by atoms with van der Waals surface area (Å²) in [5, 5.41) is 9.17. The molecule has 7 heteroatoms. The molecule has 3 heterocycles. The Kier molecular flexibility index (Phi) is 4.29. The number of nitrogens with zero attached hydrogens (tertiary/aromatic N) is 3. The lowest BCUT2D eigenvalue weighted by Gasteiger charge is -2.30. The van der Waals surface area contributed by atoms with Crippen LogP contribution in [-0.2, 0) is 11.2 Å². The fraction of sp³-hybridized carbons (Fsp3) is 0.438. The molecule has 3 N–H and O–H groups in total. The van der Waals surface area contributed by atoms with E-state index in [1.54, 1.807) is 33.7 Å². The van der Waals surface area contributed by atoms with Crippen LogP contribution < -0.4 is 5.73 Å². The molecule has 0 spiro atoms. The zero-order valence-corrected chi connectivity index (χ0v) is 12.8. The minimum Gasteiger partial charge on any atom is -0.396 e. The molecule has 2 aromatic heterocycles. The number of fused-ring (bicyclic) bond motifs is 1. The maximum absolute atomic E-state index is 12.6. The molecule has 0 unspecified atom stereocenters. The molecule has 0 radical (unpaired) electrons. The highest BCUT2D eigenvalue weighted by Crippen LogP contribution is 2.19. The van der Waals surface area contributed by atoms with Crippen LogP contribution in [0.3, 0.4) is 0 Å². The van der Waals surface area contributed by atoms with E-state index >= 15 is 0 Å². The highest BCUT2D eigenvalue weighted by Gasteiger charge is 2.25. The topological polar surface area (TPSA) is 101 Å². The van der Waals surface area contributed by atoms with Gasteiger partial charge in [-0.05, 0) is 30.9 Å². The van der Waals surface area contributed by atoms with Gasteiger partial charge in [0.2, 0.25) is 5.91 Å². The predicted octanol–water partition coefficient (Wildman–Crippen LogP) is 0.207. The van der Waals surface area contributed by atoms with Gasteiger partial charge in [-0.1, -0.05) is 6.07 Å². The summed E-state index contributed by atoms with van der Waals surface area (Å²) in [6.07, 6.45) is 3.38. The van der Waals surface area contributed by atoms with E-state index in [9.17, 15) is 14.7 Å². The second-order valence-electron chi connectivity index (χ2n) is 5.93. The van der Waals surface area contributed by atoms with Gasteiger partial charge in [-0.15, -0.1) is 0 Å². The monoisotopic (exact) mass is 316 g/mol. The molecule has 2 amide bonds. The normalized spacial score (nSPS) is 16.0. The summed E-state index contributed by atoms with van der Waals surface area (Å²) in [4.78, 5) is 29.9. The zero-order valence-electron chi connectivity index (χ0n) is 12.8. The maximum atomic E-state index is 12.6. The lowest BCUT2D eigenvalue weighted by atomic mass is 9.98. The van der Waals surface area contributed by atoms with E-state index in [2.05, 4.69) is 4.98 Å². The molecule has 0 saturated carbocycles. The number of carbonyl (C=O) groups excluding carboxylic acids is 2. The number of carbonyl (C=O) groups is 2. The molecule has 0 bridgehead atoms. The van der Waals surface area contributed by atoms with Crippen LogP contribution in [0, 0.1) is 5.92 Å². The largest absolute Gasteiger partial charge is 0.396 e. The fourth-order valence-corrected chi connectivity index (χ4v) is 2.97. The highest BCUT2D eigenvalue weighted by molar-refractivity contribution is 5.93. The maximum Gasteiger partial charge on any atom is 0.274 e. The van der Waals surface area contributed by atoms with E-state index in [1.807, 2.05) is 0 Å². The van der Waals surface area contributed by atoms with Crippen molar-refractivity contribution in [1.82, 2.24) is 14.3 Å². The first-order valence-electron chi connectivity index (χ1n) is 7.74. The Bertz CT molecular complexity index is 732. The Labute approximate surface area is 133 Å². The van der Waals surface area contributed by atoms with Crippen LogP contribution in [0.4, 0.5) is 0 Å². The fourth-order valence-electron chi connectivity index (χ4n) is 2.97. The van der Waals surface area contributed by atoms with Gasteiger partial charge in [-0.3, -0.25) is 9.59 Å². The van der Waals surface area contributed by atoms with Crippen molar-refractivity contribution in [3.8, 4) is 0 Å². The van der Waals surface area contributed by atoms with Crippen LogP contribution in [0.5, 0.6) is 0 Å². The molecule has 1 fully saturated rings. The third-order valence-corrected chi connectivity index (χ3v) is 4.31.